The average Bonchev–Trinajstić information content (AvgIpc) is 2.30. The van der Waals surface area contributed by atoms with Gasteiger partial charge >= 0.3 is 0 Å². The van der Waals surface area contributed by atoms with Gasteiger partial charge in [-0.2, -0.15) is 13.5 Å². The van der Waals surface area contributed by atoms with E-state index in [-0.39, 0.29) is 13.5 Å². The summed E-state index contributed by atoms with van der Waals surface area (Å²) in [5.41, 5.74) is 1.19. The van der Waals surface area contributed by atoms with E-state index < -0.39 is 0 Å². The fourth-order valence-corrected chi connectivity index (χ4v) is 1.79. The Morgan fingerprint density at radius 1 is 0.938 bits per heavy atom. The highest BCUT2D eigenvalue weighted by Crippen LogP contribution is 2.28. The maximum absolute atomic E-state index is 5.32. The van der Waals surface area contributed by atoms with Gasteiger partial charge in [-0.25, -0.2) is 0 Å². The number of ether oxygens (including phenoxy) is 2. The van der Waals surface area contributed by atoms with Gasteiger partial charge in [0, 0.05) is 12.5 Å². The van der Waals surface area contributed by atoms with Crippen molar-refractivity contribution < 1.29 is 9.47 Å². The van der Waals surface area contributed by atoms with Crippen molar-refractivity contribution in [2.45, 2.75) is 6.61 Å². The molecule has 0 saturated carbocycles. The minimum Gasteiger partial charge on any atom is -0.496 e. The van der Waals surface area contributed by atoms with Crippen LogP contribution in [0.4, 0.5) is 0 Å². The Bertz CT molecular complexity index is 468. The average molecular weight is 236 g/mol. The Morgan fingerprint density at radius 2 is 1.62 bits per heavy atom. The summed E-state index contributed by atoms with van der Waals surface area (Å²) in [6.45, 7) is 0.629. The second kappa shape index (κ2) is 5.77. The molecule has 16 heavy (non-hydrogen) atoms. The molecule has 0 bridgehead atoms. The van der Waals surface area contributed by atoms with Crippen LogP contribution in [0.5, 0.6) is 5.75 Å². The van der Waals surface area contributed by atoms with E-state index in [1.807, 2.05) is 24.3 Å². The van der Waals surface area contributed by atoms with Gasteiger partial charge in [-0.3, -0.25) is 0 Å². The van der Waals surface area contributed by atoms with Crippen LogP contribution in [0.25, 0.3) is 10.8 Å². The van der Waals surface area contributed by atoms with Crippen LogP contribution in [-0.2, 0) is 11.3 Å². The topological polar surface area (TPSA) is 18.5 Å². The van der Waals surface area contributed by atoms with Crippen molar-refractivity contribution in [1.29, 1.82) is 0 Å². The van der Waals surface area contributed by atoms with Crippen molar-refractivity contribution in [2.24, 2.45) is 0 Å². The number of hydrogen-bond donors (Lipinski definition) is 0. The van der Waals surface area contributed by atoms with Gasteiger partial charge in [0.15, 0.2) is 0 Å². The van der Waals surface area contributed by atoms with Crippen LogP contribution in [0.3, 0.4) is 0 Å². The Labute approximate surface area is 103 Å². The van der Waals surface area contributed by atoms with Crippen LogP contribution in [0.15, 0.2) is 36.4 Å². The van der Waals surface area contributed by atoms with Crippen molar-refractivity contribution >= 4 is 24.3 Å². The molecule has 2 nitrogen and oxygen atoms in total. The van der Waals surface area contributed by atoms with E-state index in [0.29, 0.717) is 6.61 Å². The Hall–Kier alpha value is -1.19. The molecule has 0 N–H and O–H groups in total. The van der Waals surface area contributed by atoms with Gasteiger partial charge in [-0.15, -0.1) is 0 Å². The second-order valence-corrected chi connectivity index (χ2v) is 3.41. The molecule has 2 aromatic carbocycles. The summed E-state index contributed by atoms with van der Waals surface area (Å²) >= 11 is 0. The molecular weight excluding hydrogens is 220 g/mol. The highest BCUT2D eigenvalue weighted by molar-refractivity contribution is 7.59. The summed E-state index contributed by atoms with van der Waals surface area (Å²) < 4.78 is 10.5. The van der Waals surface area contributed by atoms with Crippen LogP contribution in [0, 0.1) is 0 Å². The summed E-state index contributed by atoms with van der Waals surface area (Å²) in [5, 5.41) is 2.33. The van der Waals surface area contributed by atoms with Crippen molar-refractivity contribution in [3.05, 3.63) is 42.0 Å². The first kappa shape index (κ1) is 12.9. The molecule has 0 aromatic heterocycles. The molecule has 2 aromatic rings. The molecule has 0 fully saturated rings. The molecule has 0 unspecified atom stereocenters. The first-order chi connectivity index (χ1) is 7.36. The van der Waals surface area contributed by atoms with Gasteiger partial charge in [-0.1, -0.05) is 30.3 Å². The van der Waals surface area contributed by atoms with Crippen molar-refractivity contribution in [3.63, 3.8) is 0 Å². The molecule has 86 valence electrons. The monoisotopic (exact) mass is 236 g/mol. The van der Waals surface area contributed by atoms with E-state index in [0.717, 1.165) is 11.1 Å². The maximum Gasteiger partial charge on any atom is 0.126 e. The van der Waals surface area contributed by atoms with Gasteiger partial charge in [0.05, 0.1) is 13.7 Å². The van der Waals surface area contributed by atoms with Crippen molar-refractivity contribution in [1.82, 2.24) is 0 Å². The zero-order chi connectivity index (χ0) is 10.7. The van der Waals surface area contributed by atoms with Gasteiger partial charge in [0.1, 0.15) is 5.75 Å². The molecule has 0 aliphatic rings. The summed E-state index contributed by atoms with van der Waals surface area (Å²) in [6.07, 6.45) is 0. The SMILES string of the molecule is COCc1ccc(OC)c2ccccc12.S. The zero-order valence-corrected chi connectivity index (χ0v) is 10.5. The zero-order valence-electron chi connectivity index (χ0n) is 9.49. The van der Waals surface area contributed by atoms with Crippen molar-refractivity contribution in [3.8, 4) is 5.75 Å². The largest absolute Gasteiger partial charge is 0.496 e. The highest BCUT2D eigenvalue weighted by Gasteiger charge is 2.04. The molecule has 0 spiro atoms. The summed E-state index contributed by atoms with van der Waals surface area (Å²) in [5.74, 6) is 0.908. The standard InChI is InChI=1S/C13H14O2.H2S/c1-14-9-10-7-8-13(15-2)12-6-4-3-5-11(10)12;/h3-8H,9H2,1-2H3;1H2. The molecule has 0 aliphatic heterocycles. The Kier molecular flexibility index (Phi) is 4.65. The fourth-order valence-electron chi connectivity index (χ4n) is 1.79. The van der Waals surface area contributed by atoms with Gasteiger partial charge in [-0.05, 0) is 17.0 Å². The third-order valence-corrected chi connectivity index (χ3v) is 2.49. The third kappa shape index (κ3) is 2.31. The second-order valence-electron chi connectivity index (χ2n) is 3.41. The molecule has 0 atom stereocenters. The lowest BCUT2D eigenvalue weighted by molar-refractivity contribution is 0.186. The van der Waals surface area contributed by atoms with Crippen molar-refractivity contribution in [2.75, 3.05) is 14.2 Å². The van der Waals surface area contributed by atoms with E-state index in [1.54, 1.807) is 14.2 Å². The van der Waals surface area contributed by atoms with Crippen LogP contribution in [-0.4, -0.2) is 14.2 Å². The van der Waals surface area contributed by atoms with E-state index in [4.69, 9.17) is 9.47 Å². The lowest BCUT2D eigenvalue weighted by Gasteiger charge is -2.09. The maximum atomic E-state index is 5.32. The quantitative estimate of drug-likeness (QED) is 0.815. The smallest absolute Gasteiger partial charge is 0.126 e. The molecule has 0 aliphatic carbocycles. The van der Waals surface area contributed by atoms with Gasteiger partial charge in [0.25, 0.3) is 0 Å². The van der Waals surface area contributed by atoms with Crippen LogP contribution in [0.2, 0.25) is 0 Å². The minimum absolute atomic E-state index is 0. The highest BCUT2D eigenvalue weighted by atomic mass is 32.1. The van der Waals surface area contributed by atoms with Gasteiger partial charge < -0.3 is 9.47 Å². The van der Waals surface area contributed by atoms with E-state index in [2.05, 4.69) is 12.1 Å². The number of hydrogen-bond acceptors (Lipinski definition) is 2. The normalized spacial score (nSPS) is 9.88. The van der Waals surface area contributed by atoms with Crippen LogP contribution >= 0.6 is 13.5 Å². The first-order valence-corrected chi connectivity index (χ1v) is 4.90. The molecule has 3 heteroatoms. The number of benzene rings is 2. The lowest BCUT2D eigenvalue weighted by atomic mass is 10.0. The summed E-state index contributed by atoms with van der Waals surface area (Å²) in [6, 6.07) is 12.2. The molecule has 0 amide bonds. The van der Waals surface area contributed by atoms with E-state index in [1.165, 1.54) is 10.9 Å². The summed E-state index contributed by atoms with van der Waals surface area (Å²) in [4.78, 5) is 0. The fraction of sp³-hybridized carbons (Fsp3) is 0.231. The molecule has 0 radical (unpaired) electrons. The molecule has 0 heterocycles. The number of rotatable bonds is 3. The lowest BCUT2D eigenvalue weighted by Crippen LogP contribution is -1.91. The Morgan fingerprint density at radius 3 is 2.25 bits per heavy atom. The summed E-state index contributed by atoms with van der Waals surface area (Å²) in [7, 11) is 3.40. The molecule has 2 rings (SSSR count). The first-order valence-electron chi connectivity index (χ1n) is 4.90. The number of methoxy groups -OCH3 is 2. The predicted molar refractivity (Wildman–Crippen MR) is 71.6 cm³/mol. The molecule has 0 saturated heterocycles. The van der Waals surface area contributed by atoms with Crippen LogP contribution in [0.1, 0.15) is 5.56 Å². The molecular formula is C13H16O2S. The predicted octanol–water partition coefficient (Wildman–Crippen LogP) is 3.11. The Balaban J connectivity index is 0.00000128. The van der Waals surface area contributed by atoms with E-state index in [9.17, 15) is 0 Å². The third-order valence-electron chi connectivity index (χ3n) is 2.49. The van der Waals surface area contributed by atoms with E-state index >= 15 is 0 Å². The number of fused-ring (bicyclic) bond motifs is 1. The van der Waals surface area contributed by atoms with Crippen LogP contribution < -0.4 is 4.74 Å². The van der Waals surface area contributed by atoms with Gasteiger partial charge in [0.2, 0.25) is 0 Å². The minimum atomic E-state index is 0.